The van der Waals surface area contributed by atoms with Gasteiger partial charge in [0.1, 0.15) is 0 Å². The zero-order valence-electron chi connectivity index (χ0n) is 13.8. The van der Waals surface area contributed by atoms with Gasteiger partial charge in [-0.3, -0.25) is 0 Å². The fourth-order valence-electron chi connectivity index (χ4n) is 2.20. The summed E-state index contributed by atoms with van der Waals surface area (Å²) in [5, 5.41) is 13.4. The molecule has 0 amide bonds. The molecule has 4 aromatic rings. The Labute approximate surface area is 174 Å². The average molecular weight is 600 g/mol. The molecule has 1 radical (unpaired) electrons. The van der Waals surface area contributed by atoms with Crippen LogP contribution in [-0.4, -0.2) is 36.2 Å². The predicted molar refractivity (Wildman–Crippen MR) is 102 cm³/mol. The second-order valence-electron chi connectivity index (χ2n) is 5.08. The normalized spacial score (nSPS) is 11.0. The quantitative estimate of drug-likeness (QED) is 0.367. The van der Waals surface area contributed by atoms with Crippen LogP contribution in [0.15, 0.2) is 79.6 Å². The molecular weight excluding hydrogens is 586 g/mol. The summed E-state index contributed by atoms with van der Waals surface area (Å²) in [5.74, 6) is 0. The van der Waals surface area contributed by atoms with Crippen LogP contribution in [0.25, 0.3) is 0 Å². The molecule has 0 aliphatic heterocycles. The molecule has 0 unspecified atom stereocenters. The third-order valence-corrected chi connectivity index (χ3v) is 5.86. The molecule has 1 aromatic carbocycles. The average Bonchev–Trinajstić information content (AvgIpc) is 3.42. The van der Waals surface area contributed by atoms with Crippen molar-refractivity contribution in [3.8, 4) is 0 Å². The Morgan fingerprint density at radius 3 is 1.56 bits per heavy atom. The van der Waals surface area contributed by atoms with Crippen LogP contribution >= 0.6 is 30.9 Å². The molecule has 27 heavy (non-hydrogen) atoms. The fraction of sp³-hybridized carbons (Fsp3) is 0. The Bertz CT molecular complexity index is 872. The molecule has 4 rings (SSSR count). The van der Waals surface area contributed by atoms with Crippen molar-refractivity contribution in [1.29, 1.82) is 0 Å². The number of nitrogens with one attached hydrogen (secondary N) is 1. The van der Waals surface area contributed by atoms with Crippen LogP contribution in [0, 0.1) is 0 Å². The largest absolute Gasteiger partial charge is 0.425 e. The predicted octanol–water partition coefficient (Wildman–Crippen LogP) is 2.37. The van der Waals surface area contributed by atoms with Crippen LogP contribution in [0.2, 0.25) is 5.02 Å². The van der Waals surface area contributed by atoms with Crippen molar-refractivity contribution in [3.05, 3.63) is 84.7 Å². The first-order valence-corrected chi connectivity index (χ1v) is 15.6. The van der Waals surface area contributed by atoms with Crippen LogP contribution in [0.3, 0.4) is 0 Å². The molecule has 0 atom stereocenters. The van der Waals surface area contributed by atoms with Gasteiger partial charge < -0.3 is 13.8 Å². The summed E-state index contributed by atoms with van der Waals surface area (Å²) >= 11 is 3.59. The van der Waals surface area contributed by atoms with Crippen molar-refractivity contribution in [1.82, 2.24) is 29.1 Å². The SMILES string of the molecule is Clc1ccc([NH+]=[Os]([Cl])[Cl])cc1.c1cnn([B-](n2cccn2)n2cccn2)c1. The molecule has 0 spiro atoms. The van der Waals surface area contributed by atoms with E-state index in [1.165, 1.54) is 0 Å². The first-order valence-electron chi connectivity index (χ1n) is 7.63. The van der Waals surface area contributed by atoms with E-state index in [0.717, 1.165) is 5.69 Å². The number of aromatic nitrogens is 6. The van der Waals surface area contributed by atoms with Crippen LogP contribution in [-0.2, 0) is 14.0 Å². The van der Waals surface area contributed by atoms with Gasteiger partial charge in [0.15, 0.2) is 0 Å². The molecule has 1 N–H and O–H groups in total. The number of hydrogen-bond acceptors (Lipinski definition) is 3. The van der Waals surface area contributed by atoms with Gasteiger partial charge in [-0.2, -0.15) is 0 Å². The van der Waals surface area contributed by atoms with Gasteiger partial charge in [0.05, 0.1) is 0 Å². The maximum Gasteiger partial charge on any atom is 0.260 e. The number of benzene rings is 1. The van der Waals surface area contributed by atoms with E-state index in [9.17, 15) is 0 Å². The Kier molecular flexibility index (Phi) is 7.36. The summed E-state index contributed by atoms with van der Waals surface area (Å²) in [5.41, 5.74) is 0.929. The first-order chi connectivity index (χ1) is 13.1. The van der Waals surface area contributed by atoms with Crippen molar-refractivity contribution in [2.75, 3.05) is 0 Å². The van der Waals surface area contributed by atoms with E-state index in [2.05, 4.69) is 18.9 Å². The van der Waals surface area contributed by atoms with Crippen LogP contribution in [0.1, 0.15) is 0 Å². The van der Waals surface area contributed by atoms with E-state index in [4.69, 9.17) is 30.9 Å². The summed E-state index contributed by atoms with van der Waals surface area (Å²) in [7, 11) is 11.1. The molecule has 0 saturated carbocycles. The Balaban J connectivity index is 0.000000168. The monoisotopic (exact) mass is 600 g/mol. The van der Waals surface area contributed by atoms with Gasteiger partial charge in [0.25, 0.3) is 7.12 Å². The molecule has 0 aliphatic carbocycles. The van der Waals surface area contributed by atoms with E-state index in [1.807, 2.05) is 48.9 Å². The summed E-state index contributed by atoms with van der Waals surface area (Å²) in [6.07, 6.45) is 10.9. The minimum absolute atomic E-state index is 0.194. The Hall–Kier alpha value is -1.78. The third kappa shape index (κ3) is 5.85. The molecule has 12 heteroatoms. The van der Waals surface area contributed by atoms with Gasteiger partial charge in [-0.15, -0.1) is 0 Å². The second kappa shape index (κ2) is 9.96. The second-order valence-corrected chi connectivity index (χ2v) is 13.0. The Morgan fingerprint density at radius 2 is 1.22 bits per heavy atom. The van der Waals surface area contributed by atoms with E-state index >= 15 is 0 Å². The molecule has 0 fully saturated rings. The van der Waals surface area contributed by atoms with Crippen molar-refractivity contribution >= 4 is 43.7 Å². The number of halogens is 3. The maximum atomic E-state index is 5.67. The summed E-state index contributed by atoms with van der Waals surface area (Å²) in [6, 6.07) is 12.9. The van der Waals surface area contributed by atoms with E-state index in [-0.39, 0.29) is 7.12 Å². The van der Waals surface area contributed by atoms with E-state index in [0.29, 0.717) is 5.02 Å². The smallest absolute Gasteiger partial charge is 0.260 e. The van der Waals surface area contributed by atoms with Crippen molar-refractivity contribution < 1.29 is 17.7 Å². The van der Waals surface area contributed by atoms with Gasteiger partial charge >= 0.3 is 83.5 Å². The molecule has 141 valence electrons. The molecule has 0 saturated heterocycles. The molecule has 3 heterocycles. The van der Waals surface area contributed by atoms with Crippen LogP contribution < -0.4 is 3.65 Å². The zero-order chi connectivity index (χ0) is 19.1. The molecular formula is C15H14BCl3N7Os. The number of hydrogen-bond donors (Lipinski definition) is 1. The van der Waals surface area contributed by atoms with Crippen LogP contribution in [0.4, 0.5) is 5.69 Å². The molecule has 0 bridgehead atoms. The summed E-state index contributed by atoms with van der Waals surface area (Å²) < 4.78 is 8.36. The number of nitrogens with zero attached hydrogens (tertiary/aromatic N) is 6. The minimum atomic E-state index is -2.07. The molecule has 7 nitrogen and oxygen atoms in total. The summed E-state index contributed by atoms with van der Waals surface area (Å²) in [4.78, 5) is 0. The van der Waals surface area contributed by atoms with Crippen molar-refractivity contribution in [2.45, 2.75) is 0 Å². The first kappa shape index (κ1) is 20.0. The van der Waals surface area contributed by atoms with Gasteiger partial charge in [0.2, 0.25) is 0 Å². The minimum Gasteiger partial charge on any atom is -0.425 e. The van der Waals surface area contributed by atoms with E-state index in [1.54, 1.807) is 44.5 Å². The summed E-state index contributed by atoms with van der Waals surface area (Å²) in [6.45, 7) is 0. The van der Waals surface area contributed by atoms with Crippen LogP contribution in [0.5, 0.6) is 0 Å². The van der Waals surface area contributed by atoms with Gasteiger partial charge in [-0.05, 0) is 36.8 Å². The Morgan fingerprint density at radius 1 is 0.778 bits per heavy atom. The van der Waals surface area contributed by atoms with Crippen molar-refractivity contribution in [3.63, 3.8) is 0 Å². The molecule has 0 aliphatic rings. The molecule has 3 aromatic heterocycles. The van der Waals surface area contributed by atoms with Gasteiger partial charge in [0, 0.05) is 18.6 Å². The van der Waals surface area contributed by atoms with Gasteiger partial charge in [-0.25, -0.2) is 15.3 Å². The zero-order valence-corrected chi connectivity index (χ0v) is 18.6. The topological polar surface area (TPSA) is 67.4 Å². The van der Waals surface area contributed by atoms with Gasteiger partial charge in [-0.1, -0.05) is 0 Å². The fourth-order valence-corrected chi connectivity index (χ4v) is 4.57. The number of rotatable bonds is 4. The third-order valence-electron chi connectivity index (χ3n) is 3.30. The van der Waals surface area contributed by atoms with E-state index < -0.39 is 14.0 Å². The van der Waals surface area contributed by atoms with Crippen molar-refractivity contribution in [2.24, 2.45) is 0 Å². The standard InChI is InChI=1S/C9H9BN6.C6H5ClN.2ClH.Os/c1-4-11-14(7-1)10(15-8-2-5-12-15)16-9-3-6-13-16;7-5-1-3-6(8)4-2-5;;;/h1-9H;1-4,8H;2*1H;/q2*-1;;;+4/p-2. The maximum absolute atomic E-state index is 5.67.